The number of nitrogens with zero attached hydrogens (tertiary/aromatic N) is 2. The van der Waals surface area contributed by atoms with Crippen molar-refractivity contribution < 1.29 is 24.4 Å². The van der Waals surface area contributed by atoms with Gasteiger partial charge in [0.1, 0.15) is 5.69 Å². The summed E-state index contributed by atoms with van der Waals surface area (Å²) in [6, 6.07) is 5.05. The van der Waals surface area contributed by atoms with Crippen LogP contribution in [0.15, 0.2) is 24.3 Å². The summed E-state index contributed by atoms with van der Waals surface area (Å²) in [5.74, 6) is -0.797. The molecule has 2 rings (SSSR count). The quantitative estimate of drug-likeness (QED) is 0.523. The smallest absolute Gasteiger partial charge is 0.416 e. The Hall–Kier alpha value is -2.90. The largest absolute Gasteiger partial charge is 0.464 e. The van der Waals surface area contributed by atoms with Gasteiger partial charge in [0.2, 0.25) is 0 Å². The minimum Gasteiger partial charge on any atom is -0.464 e. The van der Waals surface area contributed by atoms with Gasteiger partial charge in [0.25, 0.3) is 5.69 Å². The second-order valence-corrected chi connectivity index (χ2v) is 3.87. The van der Waals surface area contributed by atoms with E-state index in [1.165, 1.54) is 18.2 Å². The topological polar surface area (TPSA) is 112 Å². The number of ether oxygens (including phenoxy) is 1. The first kappa shape index (κ1) is 13.5. The molecule has 0 unspecified atom stereocenters. The summed E-state index contributed by atoms with van der Waals surface area (Å²) in [4.78, 5) is 33.1. The third-order valence-corrected chi connectivity index (χ3v) is 2.67. The SMILES string of the molecule is CCOC(=O)c1cc2ccc([N+](=O)[O-])cc2n1C(=O)O. The predicted octanol–water partition coefficient (Wildman–Crippen LogP) is 2.25. The Morgan fingerprint density at radius 2 is 2.10 bits per heavy atom. The van der Waals surface area contributed by atoms with E-state index in [1.807, 2.05) is 0 Å². The fraction of sp³-hybridized carbons (Fsp3) is 0.167. The number of hydrogen-bond donors (Lipinski definition) is 1. The second-order valence-electron chi connectivity index (χ2n) is 3.87. The van der Waals surface area contributed by atoms with Crippen LogP contribution in [0.25, 0.3) is 10.9 Å². The Morgan fingerprint density at radius 3 is 2.65 bits per heavy atom. The highest BCUT2D eigenvalue weighted by molar-refractivity contribution is 6.01. The maximum absolute atomic E-state index is 11.7. The third-order valence-electron chi connectivity index (χ3n) is 2.67. The lowest BCUT2D eigenvalue weighted by Crippen LogP contribution is -2.17. The van der Waals surface area contributed by atoms with Crippen LogP contribution in [0, 0.1) is 10.1 Å². The number of hydrogen-bond acceptors (Lipinski definition) is 5. The van der Waals surface area contributed by atoms with Crippen LogP contribution in [0.4, 0.5) is 10.5 Å². The lowest BCUT2D eigenvalue weighted by atomic mass is 10.2. The number of carbonyl (C=O) groups excluding carboxylic acids is 1. The van der Waals surface area contributed by atoms with Crippen molar-refractivity contribution in [1.82, 2.24) is 4.57 Å². The van der Waals surface area contributed by atoms with Crippen molar-refractivity contribution in [2.45, 2.75) is 6.92 Å². The molecule has 2 aromatic rings. The van der Waals surface area contributed by atoms with Gasteiger partial charge in [0.15, 0.2) is 0 Å². The molecule has 8 heteroatoms. The summed E-state index contributed by atoms with van der Waals surface area (Å²) in [6.45, 7) is 1.69. The van der Waals surface area contributed by atoms with Crippen molar-refractivity contribution in [2.75, 3.05) is 6.61 Å². The van der Waals surface area contributed by atoms with E-state index in [0.717, 1.165) is 6.07 Å². The minimum atomic E-state index is -1.41. The standard InChI is InChI=1S/C12H10N2O6/c1-2-20-11(15)10-5-7-3-4-8(14(18)19)6-9(7)13(10)12(16)17/h3-6H,2H2,1H3,(H,16,17). The van der Waals surface area contributed by atoms with Gasteiger partial charge in [-0.25, -0.2) is 14.2 Å². The Kier molecular flexibility index (Phi) is 3.38. The summed E-state index contributed by atoms with van der Waals surface area (Å²) in [6.07, 6.45) is -1.41. The van der Waals surface area contributed by atoms with E-state index in [0.29, 0.717) is 9.95 Å². The molecule has 1 N–H and O–H groups in total. The molecule has 0 saturated heterocycles. The Morgan fingerprint density at radius 1 is 1.40 bits per heavy atom. The van der Waals surface area contributed by atoms with Crippen molar-refractivity contribution in [3.05, 3.63) is 40.1 Å². The van der Waals surface area contributed by atoms with Gasteiger partial charge in [-0.05, 0) is 19.1 Å². The van der Waals surface area contributed by atoms with E-state index in [-0.39, 0.29) is 23.5 Å². The van der Waals surface area contributed by atoms with E-state index >= 15 is 0 Å². The Balaban J connectivity index is 2.71. The summed E-state index contributed by atoms with van der Waals surface area (Å²) < 4.78 is 5.45. The molecule has 0 aliphatic heterocycles. The van der Waals surface area contributed by atoms with Gasteiger partial charge >= 0.3 is 12.1 Å². The van der Waals surface area contributed by atoms with Crippen molar-refractivity contribution in [2.24, 2.45) is 0 Å². The van der Waals surface area contributed by atoms with Gasteiger partial charge in [-0.1, -0.05) is 0 Å². The van der Waals surface area contributed by atoms with Crippen LogP contribution < -0.4 is 0 Å². The molecule has 1 aromatic carbocycles. The molecule has 0 bridgehead atoms. The zero-order chi connectivity index (χ0) is 14.9. The Labute approximate surface area is 112 Å². The maximum atomic E-state index is 11.7. The predicted molar refractivity (Wildman–Crippen MR) is 68.0 cm³/mol. The van der Waals surface area contributed by atoms with E-state index in [4.69, 9.17) is 4.74 Å². The lowest BCUT2D eigenvalue weighted by Gasteiger charge is -2.04. The summed E-state index contributed by atoms with van der Waals surface area (Å²) in [5, 5.41) is 20.3. The molecular weight excluding hydrogens is 268 g/mol. The number of nitro groups is 1. The lowest BCUT2D eigenvalue weighted by molar-refractivity contribution is -0.384. The van der Waals surface area contributed by atoms with Gasteiger partial charge in [-0.15, -0.1) is 0 Å². The molecule has 0 aliphatic rings. The van der Waals surface area contributed by atoms with Crippen molar-refractivity contribution in [1.29, 1.82) is 0 Å². The number of benzene rings is 1. The number of nitro benzene ring substituents is 1. The van der Waals surface area contributed by atoms with Gasteiger partial charge in [0, 0.05) is 17.5 Å². The molecule has 0 atom stereocenters. The highest BCUT2D eigenvalue weighted by atomic mass is 16.6. The van der Waals surface area contributed by atoms with E-state index in [9.17, 15) is 24.8 Å². The van der Waals surface area contributed by atoms with Gasteiger partial charge in [-0.3, -0.25) is 10.1 Å². The average Bonchev–Trinajstić information content (AvgIpc) is 2.77. The number of carbonyl (C=O) groups is 2. The molecule has 104 valence electrons. The average molecular weight is 278 g/mol. The highest BCUT2D eigenvalue weighted by Crippen LogP contribution is 2.25. The summed E-state index contributed by atoms with van der Waals surface area (Å²) >= 11 is 0. The highest BCUT2D eigenvalue weighted by Gasteiger charge is 2.22. The van der Waals surface area contributed by atoms with Gasteiger partial charge in [-0.2, -0.15) is 0 Å². The Bertz CT molecular complexity index is 718. The first-order valence-corrected chi connectivity index (χ1v) is 5.66. The summed E-state index contributed by atoms with van der Waals surface area (Å²) in [7, 11) is 0. The normalized spacial score (nSPS) is 10.4. The van der Waals surface area contributed by atoms with Crippen LogP contribution >= 0.6 is 0 Å². The molecule has 0 aliphatic carbocycles. The maximum Gasteiger partial charge on any atom is 0.416 e. The monoisotopic (exact) mass is 278 g/mol. The van der Waals surface area contributed by atoms with Gasteiger partial charge < -0.3 is 9.84 Å². The van der Waals surface area contributed by atoms with E-state index in [2.05, 4.69) is 0 Å². The first-order chi connectivity index (χ1) is 9.45. The molecule has 1 aromatic heterocycles. The molecule has 0 amide bonds. The molecule has 1 heterocycles. The van der Waals surface area contributed by atoms with E-state index in [1.54, 1.807) is 6.92 Å². The van der Waals surface area contributed by atoms with Crippen molar-refractivity contribution in [3.8, 4) is 0 Å². The molecule has 0 spiro atoms. The molecule has 0 saturated carbocycles. The van der Waals surface area contributed by atoms with Crippen LogP contribution in [-0.2, 0) is 4.74 Å². The number of fused-ring (bicyclic) bond motifs is 1. The zero-order valence-electron chi connectivity index (χ0n) is 10.4. The third kappa shape index (κ3) is 2.18. The van der Waals surface area contributed by atoms with Crippen molar-refractivity contribution in [3.63, 3.8) is 0 Å². The first-order valence-electron chi connectivity index (χ1n) is 5.66. The van der Waals surface area contributed by atoms with Crippen LogP contribution in [0.1, 0.15) is 17.4 Å². The fourth-order valence-electron chi connectivity index (χ4n) is 1.86. The number of aromatic nitrogens is 1. The molecule has 0 radical (unpaired) electrons. The van der Waals surface area contributed by atoms with Gasteiger partial charge in [0.05, 0.1) is 17.0 Å². The second kappa shape index (κ2) is 5.00. The van der Waals surface area contributed by atoms with Crippen LogP contribution in [0.5, 0.6) is 0 Å². The van der Waals surface area contributed by atoms with Crippen LogP contribution in [-0.4, -0.2) is 33.3 Å². The van der Waals surface area contributed by atoms with Crippen molar-refractivity contribution >= 4 is 28.7 Å². The summed E-state index contributed by atoms with van der Waals surface area (Å²) in [5.41, 5.74) is -0.377. The number of non-ortho nitro benzene ring substituents is 1. The molecule has 8 nitrogen and oxygen atoms in total. The molecule has 0 fully saturated rings. The number of esters is 1. The van der Waals surface area contributed by atoms with E-state index < -0.39 is 17.0 Å². The number of carboxylic acid groups (broad SMARTS) is 1. The molecular formula is C12H10N2O6. The number of rotatable bonds is 3. The minimum absolute atomic E-state index is 0.0646. The molecule has 20 heavy (non-hydrogen) atoms. The zero-order valence-corrected chi connectivity index (χ0v) is 10.4. The van der Waals surface area contributed by atoms with Crippen LogP contribution in [0.3, 0.4) is 0 Å². The van der Waals surface area contributed by atoms with Crippen LogP contribution in [0.2, 0.25) is 0 Å². The fourth-order valence-corrected chi connectivity index (χ4v) is 1.86.